The molecule has 0 saturated heterocycles. The molecule has 4 nitrogen and oxygen atoms in total. The van der Waals surface area contributed by atoms with Crippen LogP contribution in [0, 0.1) is 0 Å². The third-order valence-electron chi connectivity index (χ3n) is 2.92. The molecule has 4 heteroatoms. The minimum absolute atomic E-state index is 0.247. The summed E-state index contributed by atoms with van der Waals surface area (Å²) >= 11 is 0. The SMILES string of the molecule is CC(C)OCCCC(C)(NC1CC1)C(N)=O. The first-order valence-electron chi connectivity index (χ1n) is 6.13. The molecule has 1 atom stereocenters. The molecule has 0 heterocycles. The normalized spacial score (nSPS) is 19.8. The lowest BCUT2D eigenvalue weighted by Crippen LogP contribution is -2.54. The topological polar surface area (TPSA) is 64.3 Å². The van der Waals surface area contributed by atoms with E-state index in [4.69, 9.17) is 10.5 Å². The molecule has 1 rings (SSSR count). The van der Waals surface area contributed by atoms with Gasteiger partial charge in [-0.05, 0) is 46.5 Å². The summed E-state index contributed by atoms with van der Waals surface area (Å²) in [5.74, 6) is -0.260. The van der Waals surface area contributed by atoms with Crippen molar-refractivity contribution >= 4 is 5.91 Å². The van der Waals surface area contributed by atoms with Crippen LogP contribution in [0.25, 0.3) is 0 Å². The van der Waals surface area contributed by atoms with E-state index in [2.05, 4.69) is 5.32 Å². The highest BCUT2D eigenvalue weighted by atomic mass is 16.5. The van der Waals surface area contributed by atoms with Gasteiger partial charge in [0.25, 0.3) is 0 Å². The molecule has 0 aromatic carbocycles. The van der Waals surface area contributed by atoms with E-state index in [1.807, 2.05) is 20.8 Å². The van der Waals surface area contributed by atoms with E-state index in [0.29, 0.717) is 12.6 Å². The van der Waals surface area contributed by atoms with Crippen LogP contribution in [0.2, 0.25) is 0 Å². The van der Waals surface area contributed by atoms with Crippen molar-refractivity contribution in [2.45, 2.75) is 64.1 Å². The Morgan fingerprint density at radius 2 is 2.19 bits per heavy atom. The molecule has 1 aliphatic rings. The van der Waals surface area contributed by atoms with Crippen LogP contribution in [0.5, 0.6) is 0 Å². The van der Waals surface area contributed by atoms with E-state index in [1.165, 1.54) is 0 Å². The van der Waals surface area contributed by atoms with Crippen LogP contribution in [0.3, 0.4) is 0 Å². The lowest BCUT2D eigenvalue weighted by molar-refractivity contribution is -0.124. The number of amides is 1. The Kier molecular flexibility index (Phi) is 4.74. The van der Waals surface area contributed by atoms with Gasteiger partial charge in [0.2, 0.25) is 5.91 Å². The number of primary amides is 1. The van der Waals surface area contributed by atoms with Crippen molar-refractivity contribution in [1.29, 1.82) is 0 Å². The summed E-state index contributed by atoms with van der Waals surface area (Å²) in [6, 6.07) is 0.489. The number of carbonyl (C=O) groups is 1. The Hall–Kier alpha value is -0.610. The van der Waals surface area contributed by atoms with Crippen LogP contribution in [0.4, 0.5) is 0 Å². The second-order valence-electron chi connectivity index (χ2n) is 5.14. The Bertz CT molecular complexity index is 239. The van der Waals surface area contributed by atoms with Crippen molar-refractivity contribution in [3.8, 4) is 0 Å². The summed E-state index contributed by atoms with van der Waals surface area (Å²) in [5.41, 5.74) is 4.88. The molecule has 1 fully saturated rings. The number of rotatable bonds is 8. The molecule has 1 unspecified atom stereocenters. The van der Waals surface area contributed by atoms with Crippen LogP contribution in [-0.4, -0.2) is 30.2 Å². The molecule has 0 bridgehead atoms. The first kappa shape index (κ1) is 13.5. The number of nitrogens with two attached hydrogens (primary N) is 1. The highest BCUT2D eigenvalue weighted by molar-refractivity contribution is 5.84. The number of nitrogens with one attached hydrogen (secondary N) is 1. The Morgan fingerprint density at radius 3 is 2.62 bits per heavy atom. The molecule has 1 amide bonds. The number of carbonyl (C=O) groups excluding carboxylic acids is 1. The third kappa shape index (κ3) is 4.49. The fraction of sp³-hybridized carbons (Fsp3) is 0.917. The zero-order chi connectivity index (χ0) is 12.2. The fourth-order valence-electron chi connectivity index (χ4n) is 1.69. The van der Waals surface area contributed by atoms with Crippen molar-refractivity contribution in [3.63, 3.8) is 0 Å². The van der Waals surface area contributed by atoms with E-state index in [9.17, 15) is 4.79 Å². The van der Waals surface area contributed by atoms with Gasteiger partial charge in [0, 0.05) is 12.6 Å². The number of ether oxygens (including phenoxy) is 1. The van der Waals surface area contributed by atoms with Gasteiger partial charge in [-0.1, -0.05) is 0 Å². The Balaban J connectivity index is 2.29. The lowest BCUT2D eigenvalue weighted by Gasteiger charge is -2.27. The predicted octanol–water partition coefficient (Wildman–Crippen LogP) is 1.19. The summed E-state index contributed by atoms with van der Waals surface area (Å²) in [6.07, 6.45) is 4.16. The lowest BCUT2D eigenvalue weighted by atomic mass is 9.95. The molecule has 3 N–H and O–H groups in total. The molecule has 1 aliphatic carbocycles. The van der Waals surface area contributed by atoms with Crippen LogP contribution in [-0.2, 0) is 9.53 Å². The molecule has 0 aromatic heterocycles. The highest BCUT2D eigenvalue weighted by Crippen LogP contribution is 2.24. The largest absolute Gasteiger partial charge is 0.379 e. The zero-order valence-corrected chi connectivity index (χ0v) is 10.6. The van der Waals surface area contributed by atoms with Gasteiger partial charge >= 0.3 is 0 Å². The average Bonchev–Trinajstić information content (AvgIpc) is 2.96. The molecule has 0 radical (unpaired) electrons. The highest BCUT2D eigenvalue weighted by Gasteiger charge is 2.36. The second-order valence-corrected chi connectivity index (χ2v) is 5.14. The zero-order valence-electron chi connectivity index (χ0n) is 10.6. The predicted molar refractivity (Wildman–Crippen MR) is 64.1 cm³/mol. The molecular weight excluding hydrogens is 204 g/mol. The standard InChI is InChI=1S/C12H24N2O2/c1-9(2)16-8-4-7-12(3,11(13)15)14-10-5-6-10/h9-10,14H,4-8H2,1-3H3,(H2,13,15). The fourth-order valence-corrected chi connectivity index (χ4v) is 1.69. The van der Waals surface area contributed by atoms with E-state index in [-0.39, 0.29) is 12.0 Å². The molecule has 0 aliphatic heterocycles. The van der Waals surface area contributed by atoms with Gasteiger partial charge in [-0.2, -0.15) is 0 Å². The summed E-state index contributed by atoms with van der Waals surface area (Å²) in [5, 5.41) is 3.32. The van der Waals surface area contributed by atoms with Gasteiger partial charge in [-0.15, -0.1) is 0 Å². The van der Waals surface area contributed by atoms with Gasteiger partial charge in [-0.25, -0.2) is 0 Å². The third-order valence-corrected chi connectivity index (χ3v) is 2.92. The maximum absolute atomic E-state index is 11.4. The molecule has 0 aromatic rings. The summed E-state index contributed by atoms with van der Waals surface area (Å²) < 4.78 is 5.46. The molecule has 16 heavy (non-hydrogen) atoms. The smallest absolute Gasteiger partial charge is 0.237 e. The van der Waals surface area contributed by atoms with E-state index in [1.54, 1.807) is 0 Å². The first-order valence-corrected chi connectivity index (χ1v) is 6.13. The molecule has 94 valence electrons. The summed E-state index contributed by atoms with van der Waals surface area (Å²) in [4.78, 5) is 11.4. The van der Waals surface area contributed by atoms with Crippen molar-refractivity contribution in [2.75, 3.05) is 6.61 Å². The van der Waals surface area contributed by atoms with Crippen LogP contribution in [0.1, 0.15) is 46.5 Å². The quantitative estimate of drug-likeness (QED) is 0.613. The molecular formula is C12H24N2O2. The van der Waals surface area contributed by atoms with Gasteiger partial charge in [0.15, 0.2) is 0 Å². The van der Waals surface area contributed by atoms with Gasteiger partial charge in [0.05, 0.1) is 11.6 Å². The minimum Gasteiger partial charge on any atom is -0.379 e. The summed E-state index contributed by atoms with van der Waals surface area (Å²) in [7, 11) is 0. The van der Waals surface area contributed by atoms with Crippen LogP contribution in [0.15, 0.2) is 0 Å². The minimum atomic E-state index is -0.568. The summed E-state index contributed by atoms with van der Waals surface area (Å²) in [6.45, 7) is 6.60. The van der Waals surface area contributed by atoms with Gasteiger partial charge in [-0.3, -0.25) is 4.79 Å². The van der Waals surface area contributed by atoms with E-state index >= 15 is 0 Å². The van der Waals surface area contributed by atoms with Crippen LogP contribution >= 0.6 is 0 Å². The number of hydrogen-bond donors (Lipinski definition) is 2. The second kappa shape index (κ2) is 5.64. The maximum Gasteiger partial charge on any atom is 0.237 e. The van der Waals surface area contributed by atoms with E-state index < -0.39 is 5.54 Å². The average molecular weight is 228 g/mol. The van der Waals surface area contributed by atoms with Gasteiger partial charge in [0.1, 0.15) is 0 Å². The Morgan fingerprint density at radius 1 is 1.56 bits per heavy atom. The van der Waals surface area contributed by atoms with Crippen molar-refractivity contribution in [1.82, 2.24) is 5.32 Å². The van der Waals surface area contributed by atoms with Crippen LogP contribution < -0.4 is 11.1 Å². The maximum atomic E-state index is 11.4. The van der Waals surface area contributed by atoms with E-state index in [0.717, 1.165) is 25.7 Å². The van der Waals surface area contributed by atoms with Gasteiger partial charge < -0.3 is 15.8 Å². The van der Waals surface area contributed by atoms with Crippen molar-refractivity contribution in [2.24, 2.45) is 5.73 Å². The molecule has 0 spiro atoms. The van der Waals surface area contributed by atoms with Crippen molar-refractivity contribution < 1.29 is 9.53 Å². The Labute approximate surface area is 97.9 Å². The van der Waals surface area contributed by atoms with Crippen molar-refractivity contribution in [3.05, 3.63) is 0 Å². The first-order chi connectivity index (χ1) is 7.44. The number of hydrogen-bond acceptors (Lipinski definition) is 3. The molecule has 1 saturated carbocycles. The monoisotopic (exact) mass is 228 g/mol.